The molecule has 0 aromatic heterocycles. The lowest BCUT2D eigenvalue weighted by molar-refractivity contribution is -0.316. The van der Waals surface area contributed by atoms with Gasteiger partial charge < -0.3 is 43.6 Å². The average molecular weight is 672 g/mol. The fourth-order valence-corrected chi connectivity index (χ4v) is 5.74. The van der Waals surface area contributed by atoms with Crippen molar-refractivity contribution < 1.29 is 67.0 Å². The smallest absolute Gasteiger partial charge is 0.407 e. The maximum atomic E-state index is 13.0. The van der Waals surface area contributed by atoms with Crippen LogP contribution in [0.5, 0.6) is 0 Å². The first-order chi connectivity index (χ1) is 22.8. The molecule has 0 unspecified atom stereocenters. The molecule has 2 aliphatic rings. The Morgan fingerprint density at radius 1 is 0.729 bits per heavy atom. The van der Waals surface area contributed by atoms with Crippen molar-refractivity contribution in [1.29, 1.82) is 0 Å². The normalized spacial score (nSPS) is 22.6. The van der Waals surface area contributed by atoms with Crippen LogP contribution in [0, 0.1) is 0 Å². The maximum absolute atomic E-state index is 13.0. The van der Waals surface area contributed by atoms with E-state index in [0.29, 0.717) is 0 Å². The Morgan fingerprint density at radius 2 is 1.25 bits per heavy atom. The lowest BCUT2D eigenvalue weighted by atomic mass is 9.98. The van der Waals surface area contributed by atoms with Crippen molar-refractivity contribution in [2.75, 3.05) is 13.2 Å². The van der Waals surface area contributed by atoms with E-state index in [1.807, 2.05) is 48.5 Å². The van der Waals surface area contributed by atoms with Crippen molar-refractivity contribution in [3.63, 3.8) is 0 Å². The highest BCUT2D eigenvalue weighted by molar-refractivity contribution is 5.81. The van der Waals surface area contributed by atoms with Crippen molar-refractivity contribution in [1.82, 2.24) is 5.32 Å². The number of esters is 4. The number of hydrogen-bond donors (Lipinski definition) is 2. The Labute approximate surface area is 275 Å². The van der Waals surface area contributed by atoms with E-state index >= 15 is 0 Å². The molecule has 1 heterocycles. The summed E-state index contributed by atoms with van der Waals surface area (Å²) in [4.78, 5) is 73.0. The van der Waals surface area contributed by atoms with Gasteiger partial charge >= 0.3 is 35.9 Å². The zero-order valence-corrected chi connectivity index (χ0v) is 26.9. The number of aliphatic carboxylic acids is 1. The van der Waals surface area contributed by atoms with Crippen molar-refractivity contribution in [3.8, 4) is 11.1 Å². The molecule has 1 aliphatic carbocycles. The second-order valence-corrected chi connectivity index (χ2v) is 11.2. The third-order valence-corrected chi connectivity index (χ3v) is 7.65. The van der Waals surface area contributed by atoms with Gasteiger partial charge in [0, 0.05) is 33.6 Å². The van der Waals surface area contributed by atoms with E-state index in [0.717, 1.165) is 49.9 Å². The van der Waals surface area contributed by atoms with Crippen LogP contribution in [-0.4, -0.2) is 97.1 Å². The molecule has 0 saturated carbocycles. The number of carboxylic acids is 1. The highest BCUT2D eigenvalue weighted by atomic mass is 16.7. The summed E-state index contributed by atoms with van der Waals surface area (Å²) in [6.45, 7) is 5.02. The SMILES string of the molecule is CC(=O)OC[C@H]1O[C@H](O[C@H](C)[C@H](NC(=O)OCC2c3ccccc3-c3ccccc32)C(=O)O)[C@H](OC(C)=O)[C@@H](OC(C)=O)[C@@H]1OC(C)=O. The van der Waals surface area contributed by atoms with E-state index in [9.17, 15) is 33.9 Å². The number of carbonyl (C=O) groups is 6. The van der Waals surface area contributed by atoms with E-state index in [1.54, 1.807) is 0 Å². The molecule has 2 N–H and O–H groups in total. The first-order valence-electron chi connectivity index (χ1n) is 15.1. The van der Waals surface area contributed by atoms with Crippen LogP contribution in [0.4, 0.5) is 4.79 Å². The standard InChI is InChI=1S/C33H37NO14/c1-16(27(31(39)40)34-33(41)43-14-25-23-12-8-6-10-21(23)22-11-7-9-13-24(22)25)44-32-30(47-20(5)38)29(46-19(4)37)28(45-18(3)36)26(48-32)15-42-17(2)35/h6-13,16,25-30,32H,14-15H2,1-5H3,(H,34,41)(H,39,40)/t16-,26-,27+,28-,29+,30-,32+/m1/s1. The second kappa shape index (κ2) is 15.7. The molecular weight excluding hydrogens is 634 g/mol. The van der Waals surface area contributed by atoms with Crippen LogP contribution in [0.15, 0.2) is 48.5 Å². The number of alkyl carbamates (subject to hydrolysis) is 1. The fraction of sp³-hybridized carbons (Fsp3) is 0.455. The lowest BCUT2D eigenvalue weighted by Crippen LogP contribution is -2.64. The summed E-state index contributed by atoms with van der Waals surface area (Å²) in [7, 11) is 0. The molecule has 15 heteroatoms. The highest BCUT2D eigenvalue weighted by Crippen LogP contribution is 2.44. The fourth-order valence-electron chi connectivity index (χ4n) is 5.74. The van der Waals surface area contributed by atoms with Gasteiger partial charge in [-0.1, -0.05) is 48.5 Å². The van der Waals surface area contributed by atoms with Gasteiger partial charge in [-0.3, -0.25) is 19.2 Å². The van der Waals surface area contributed by atoms with Crippen molar-refractivity contribution in [2.24, 2.45) is 0 Å². The van der Waals surface area contributed by atoms with Crippen LogP contribution in [-0.2, 0) is 57.1 Å². The molecule has 2 aromatic carbocycles. The minimum absolute atomic E-state index is 0.0822. The van der Waals surface area contributed by atoms with Crippen LogP contribution in [0.3, 0.4) is 0 Å². The number of benzene rings is 2. The number of hydrogen-bond acceptors (Lipinski definition) is 13. The molecule has 258 valence electrons. The van der Waals surface area contributed by atoms with Gasteiger partial charge in [-0.05, 0) is 29.2 Å². The molecule has 0 bridgehead atoms. The molecule has 4 rings (SSSR count). The molecule has 0 radical (unpaired) electrons. The van der Waals surface area contributed by atoms with Crippen LogP contribution >= 0.6 is 0 Å². The molecule has 7 atom stereocenters. The Bertz CT molecular complexity index is 1500. The molecule has 48 heavy (non-hydrogen) atoms. The molecule has 1 saturated heterocycles. The summed E-state index contributed by atoms with van der Waals surface area (Å²) in [6.07, 6.45) is -9.95. The minimum Gasteiger partial charge on any atom is -0.480 e. The van der Waals surface area contributed by atoms with Gasteiger partial charge in [-0.25, -0.2) is 9.59 Å². The number of ether oxygens (including phenoxy) is 7. The summed E-state index contributed by atoms with van der Waals surface area (Å²) in [6, 6.07) is 13.7. The molecule has 2 aromatic rings. The van der Waals surface area contributed by atoms with Crippen molar-refractivity contribution in [3.05, 3.63) is 59.7 Å². The van der Waals surface area contributed by atoms with Gasteiger partial charge in [0.15, 0.2) is 30.6 Å². The second-order valence-electron chi connectivity index (χ2n) is 11.2. The minimum atomic E-state index is -1.72. The predicted octanol–water partition coefficient (Wildman–Crippen LogP) is 2.47. The lowest BCUT2D eigenvalue weighted by Gasteiger charge is -2.44. The monoisotopic (exact) mass is 671 g/mol. The largest absolute Gasteiger partial charge is 0.480 e. The zero-order chi connectivity index (χ0) is 35.1. The molecule has 1 aliphatic heterocycles. The van der Waals surface area contributed by atoms with Gasteiger partial charge in [0.25, 0.3) is 0 Å². The van der Waals surface area contributed by atoms with Crippen LogP contribution in [0.25, 0.3) is 11.1 Å². The van der Waals surface area contributed by atoms with Gasteiger partial charge in [0.05, 0.1) is 6.10 Å². The predicted molar refractivity (Wildman–Crippen MR) is 162 cm³/mol. The summed E-state index contributed by atoms with van der Waals surface area (Å²) in [5.41, 5.74) is 3.94. The molecular formula is C33H37NO14. The Morgan fingerprint density at radius 3 is 1.77 bits per heavy atom. The Balaban J connectivity index is 1.52. The molecule has 1 amide bonds. The Kier molecular flexibility index (Phi) is 11.7. The van der Waals surface area contributed by atoms with E-state index in [2.05, 4.69) is 5.32 Å². The van der Waals surface area contributed by atoms with Gasteiger partial charge in [0.2, 0.25) is 0 Å². The van der Waals surface area contributed by atoms with Gasteiger partial charge in [-0.15, -0.1) is 0 Å². The summed E-state index contributed by atoms with van der Waals surface area (Å²) in [5.74, 6) is -5.03. The highest BCUT2D eigenvalue weighted by Gasteiger charge is 2.53. The third kappa shape index (κ3) is 8.66. The first kappa shape index (κ1) is 35.8. The van der Waals surface area contributed by atoms with Crippen LogP contribution in [0.1, 0.15) is 51.7 Å². The number of amides is 1. The number of rotatable bonds is 12. The van der Waals surface area contributed by atoms with E-state index in [1.165, 1.54) is 6.92 Å². The van der Waals surface area contributed by atoms with Crippen LogP contribution < -0.4 is 5.32 Å². The van der Waals surface area contributed by atoms with E-state index in [4.69, 9.17) is 33.2 Å². The Hall–Kier alpha value is -5.02. The zero-order valence-electron chi connectivity index (χ0n) is 26.9. The molecule has 15 nitrogen and oxygen atoms in total. The number of fused-ring (bicyclic) bond motifs is 3. The first-order valence-corrected chi connectivity index (χ1v) is 15.1. The summed E-state index contributed by atoms with van der Waals surface area (Å²) >= 11 is 0. The third-order valence-electron chi connectivity index (χ3n) is 7.65. The van der Waals surface area contributed by atoms with Crippen molar-refractivity contribution >= 4 is 35.9 Å². The average Bonchev–Trinajstić information content (AvgIpc) is 3.33. The number of carbonyl (C=O) groups excluding carboxylic acids is 5. The number of nitrogens with one attached hydrogen (secondary N) is 1. The number of carboxylic acid groups (broad SMARTS) is 1. The van der Waals surface area contributed by atoms with Crippen LogP contribution in [0.2, 0.25) is 0 Å². The quantitative estimate of drug-likeness (QED) is 0.246. The maximum Gasteiger partial charge on any atom is 0.407 e. The van der Waals surface area contributed by atoms with Crippen molar-refractivity contribution in [2.45, 2.75) is 83.4 Å². The topological polar surface area (TPSA) is 199 Å². The van der Waals surface area contributed by atoms with E-state index < -0.39 is 85.4 Å². The molecule has 0 spiro atoms. The molecule has 1 fully saturated rings. The van der Waals surface area contributed by atoms with Gasteiger partial charge in [-0.2, -0.15) is 0 Å². The van der Waals surface area contributed by atoms with E-state index in [-0.39, 0.29) is 12.5 Å². The van der Waals surface area contributed by atoms with Gasteiger partial charge in [0.1, 0.15) is 19.3 Å². The summed E-state index contributed by atoms with van der Waals surface area (Å²) < 4.78 is 38.3. The summed E-state index contributed by atoms with van der Waals surface area (Å²) in [5, 5.41) is 12.3.